The maximum Gasteiger partial charge on any atom is 0.0558 e. The number of benzene rings is 1. The van der Waals surface area contributed by atoms with Crippen LogP contribution in [0, 0.1) is 0 Å². The van der Waals surface area contributed by atoms with E-state index in [1.807, 2.05) is 6.07 Å². The summed E-state index contributed by atoms with van der Waals surface area (Å²) in [5.74, 6) is 0. The van der Waals surface area contributed by atoms with Crippen molar-refractivity contribution in [3.05, 3.63) is 29.3 Å². The van der Waals surface area contributed by atoms with Crippen LogP contribution in [0.2, 0.25) is 0 Å². The Bertz CT molecular complexity index is 415. The molecule has 106 valence electrons. The van der Waals surface area contributed by atoms with E-state index in [1.54, 1.807) is 0 Å². The fourth-order valence-electron chi connectivity index (χ4n) is 3.43. The Labute approximate surface area is 116 Å². The van der Waals surface area contributed by atoms with Crippen molar-refractivity contribution in [1.82, 2.24) is 4.90 Å². The maximum absolute atomic E-state index is 9.37. The van der Waals surface area contributed by atoms with E-state index >= 15 is 0 Å². The Morgan fingerprint density at radius 2 is 2.11 bits per heavy atom. The van der Waals surface area contributed by atoms with Crippen molar-refractivity contribution in [2.75, 3.05) is 18.9 Å². The minimum absolute atomic E-state index is 0.233. The molecule has 1 aliphatic rings. The van der Waals surface area contributed by atoms with Crippen LogP contribution in [0.4, 0.5) is 5.69 Å². The third-order valence-corrected chi connectivity index (χ3v) is 4.38. The van der Waals surface area contributed by atoms with Gasteiger partial charge in [0.25, 0.3) is 0 Å². The lowest BCUT2D eigenvalue weighted by atomic mass is 10.0. The van der Waals surface area contributed by atoms with E-state index in [-0.39, 0.29) is 6.61 Å². The Kier molecular flexibility index (Phi) is 4.83. The third-order valence-electron chi connectivity index (χ3n) is 4.38. The highest BCUT2D eigenvalue weighted by atomic mass is 16.3. The minimum Gasteiger partial charge on any atom is -0.399 e. The van der Waals surface area contributed by atoms with Crippen molar-refractivity contribution in [2.24, 2.45) is 0 Å². The number of hydrogen-bond donors (Lipinski definition) is 2. The van der Waals surface area contributed by atoms with Crippen LogP contribution in [0.15, 0.2) is 18.2 Å². The van der Waals surface area contributed by atoms with Gasteiger partial charge in [-0.2, -0.15) is 0 Å². The molecule has 1 atom stereocenters. The summed E-state index contributed by atoms with van der Waals surface area (Å²) in [4.78, 5) is 2.49. The Morgan fingerprint density at radius 3 is 2.74 bits per heavy atom. The molecule has 1 aliphatic carbocycles. The lowest BCUT2D eigenvalue weighted by molar-refractivity contribution is 0.0964. The first-order valence-corrected chi connectivity index (χ1v) is 7.46. The van der Waals surface area contributed by atoms with E-state index in [9.17, 15) is 5.11 Å². The molecule has 0 fully saturated rings. The molecule has 1 aromatic carbocycles. The lowest BCUT2D eigenvalue weighted by Gasteiger charge is -2.35. The summed E-state index contributed by atoms with van der Waals surface area (Å²) in [6, 6.07) is 7.30. The van der Waals surface area contributed by atoms with Gasteiger partial charge in [-0.05, 0) is 48.9 Å². The highest BCUT2D eigenvalue weighted by Crippen LogP contribution is 2.38. The Balaban J connectivity index is 2.25. The predicted octanol–water partition coefficient (Wildman–Crippen LogP) is 2.74. The van der Waals surface area contributed by atoms with Crippen LogP contribution < -0.4 is 5.73 Å². The van der Waals surface area contributed by atoms with Crippen LogP contribution in [0.5, 0.6) is 0 Å². The molecule has 1 unspecified atom stereocenters. The summed E-state index contributed by atoms with van der Waals surface area (Å²) in [7, 11) is 0. The standard InChI is InChI=1S/C16H26N2O/c1-3-14(4-2)18(9-10-19)16-8-5-12-11-13(17)6-7-15(12)16/h6-7,11,14,16,19H,3-5,8-10,17H2,1-2H3. The predicted molar refractivity (Wildman–Crippen MR) is 80.1 cm³/mol. The molecule has 3 nitrogen and oxygen atoms in total. The number of aliphatic hydroxyl groups excluding tert-OH is 1. The number of nitrogens with zero attached hydrogens (tertiary/aromatic N) is 1. The second-order valence-corrected chi connectivity index (χ2v) is 5.44. The summed E-state index contributed by atoms with van der Waals surface area (Å²) in [5, 5.41) is 9.37. The van der Waals surface area contributed by atoms with Crippen LogP contribution >= 0.6 is 0 Å². The summed E-state index contributed by atoms with van der Waals surface area (Å²) < 4.78 is 0. The van der Waals surface area contributed by atoms with Crippen LogP contribution in [0.3, 0.4) is 0 Å². The molecule has 0 spiro atoms. The number of nitrogens with two attached hydrogens (primary N) is 1. The highest BCUT2D eigenvalue weighted by Gasteiger charge is 2.30. The van der Waals surface area contributed by atoms with E-state index in [0.29, 0.717) is 12.1 Å². The zero-order valence-corrected chi connectivity index (χ0v) is 12.1. The van der Waals surface area contributed by atoms with Gasteiger partial charge in [-0.25, -0.2) is 0 Å². The molecule has 0 radical (unpaired) electrons. The largest absolute Gasteiger partial charge is 0.399 e. The normalized spacial score (nSPS) is 18.3. The van der Waals surface area contributed by atoms with Crippen LogP contribution in [-0.2, 0) is 6.42 Å². The SMILES string of the molecule is CCC(CC)N(CCO)C1CCc2cc(N)ccc21. The molecule has 1 aromatic rings. The van der Waals surface area contributed by atoms with Crippen molar-refractivity contribution in [3.63, 3.8) is 0 Å². The summed E-state index contributed by atoms with van der Waals surface area (Å²) in [6.45, 7) is 5.47. The number of rotatable bonds is 6. The van der Waals surface area contributed by atoms with Crippen molar-refractivity contribution in [3.8, 4) is 0 Å². The average Bonchev–Trinajstić information content (AvgIpc) is 2.81. The van der Waals surface area contributed by atoms with Gasteiger partial charge in [0.2, 0.25) is 0 Å². The monoisotopic (exact) mass is 262 g/mol. The second-order valence-electron chi connectivity index (χ2n) is 5.44. The van der Waals surface area contributed by atoms with Crippen molar-refractivity contribution in [2.45, 2.75) is 51.6 Å². The Morgan fingerprint density at radius 1 is 1.37 bits per heavy atom. The molecule has 19 heavy (non-hydrogen) atoms. The summed E-state index contributed by atoms with van der Waals surface area (Å²) in [6.07, 6.45) is 4.52. The fraction of sp³-hybridized carbons (Fsp3) is 0.625. The zero-order chi connectivity index (χ0) is 13.8. The number of aliphatic hydroxyl groups is 1. The molecule has 3 heteroatoms. The van der Waals surface area contributed by atoms with Crippen LogP contribution in [0.25, 0.3) is 0 Å². The van der Waals surface area contributed by atoms with E-state index in [4.69, 9.17) is 5.73 Å². The highest BCUT2D eigenvalue weighted by molar-refractivity contribution is 5.47. The molecule has 0 saturated heterocycles. The zero-order valence-electron chi connectivity index (χ0n) is 12.1. The first kappa shape index (κ1) is 14.4. The topological polar surface area (TPSA) is 49.5 Å². The average molecular weight is 262 g/mol. The van der Waals surface area contributed by atoms with E-state index in [0.717, 1.165) is 37.9 Å². The second kappa shape index (κ2) is 6.40. The number of fused-ring (bicyclic) bond motifs is 1. The molecule has 0 amide bonds. The van der Waals surface area contributed by atoms with E-state index in [1.165, 1.54) is 11.1 Å². The third kappa shape index (κ3) is 2.93. The summed E-state index contributed by atoms with van der Waals surface area (Å²) in [5.41, 5.74) is 9.53. The number of hydrogen-bond acceptors (Lipinski definition) is 3. The first-order valence-electron chi connectivity index (χ1n) is 7.46. The van der Waals surface area contributed by atoms with Gasteiger partial charge in [-0.3, -0.25) is 4.90 Å². The van der Waals surface area contributed by atoms with E-state index in [2.05, 4.69) is 30.9 Å². The van der Waals surface area contributed by atoms with Gasteiger partial charge in [-0.15, -0.1) is 0 Å². The minimum atomic E-state index is 0.233. The van der Waals surface area contributed by atoms with Crippen molar-refractivity contribution in [1.29, 1.82) is 0 Å². The molecule has 0 aliphatic heterocycles. The quantitative estimate of drug-likeness (QED) is 0.775. The Hall–Kier alpha value is -1.06. The smallest absolute Gasteiger partial charge is 0.0558 e. The number of aryl methyl sites for hydroxylation is 1. The van der Waals surface area contributed by atoms with Gasteiger partial charge >= 0.3 is 0 Å². The van der Waals surface area contributed by atoms with Crippen molar-refractivity contribution < 1.29 is 5.11 Å². The van der Waals surface area contributed by atoms with Gasteiger partial charge in [0, 0.05) is 24.3 Å². The molecular formula is C16H26N2O. The lowest BCUT2D eigenvalue weighted by Crippen LogP contribution is -2.39. The molecular weight excluding hydrogens is 236 g/mol. The fourth-order valence-corrected chi connectivity index (χ4v) is 3.43. The molecule has 0 heterocycles. The molecule has 2 rings (SSSR count). The summed E-state index contributed by atoms with van der Waals surface area (Å²) >= 11 is 0. The molecule has 3 N–H and O–H groups in total. The van der Waals surface area contributed by atoms with Crippen molar-refractivity contribution >= 4 is 5.69 Å². The number of anilines is 1. The van der Waals surface area contributed by atoms with Gasteiger partial charge in [0.05, 0.1) is 6.61 Å². The molecule has 0 saturated carbocycles. The van der Waals surface area contributed by atoms with Gasteiger partial charge in [-0.1, -0.05) is 19.9 Å². The molecule has 0 bridgehead atoms. The first-order chi connectivity index (χ1) is 9.21. The van der Waals surface area contributed by atoms with Gasteiger partial charge in [0.1, 0.15) is 0 Å². The number of nitrogen functional groups attached to an aromatic ring is 1. The molecule has 0 aromatic heterocycles. The van der Waals surface area contributed by atoms with Crippen LogP contribution in [0.1, 0.15) is 50.3 Å². The van der Waals surface area contributed by atoms with Gasteiger partial charge < -0.3 is 10.8 Å². The van der Waals surface area contributed by atoms with Crippen LogP contribution in [-0.4, -0.2) is 29.2 Å². The van der Waals surface area contributed by atoms with Gasteiger partial charge in [0.15, 0.2) is 0 Å². The maximum atomic E-state index is 9.37. The van der Waals surface area contributed by atoms with E-state index < -0.39 is 0 Å².